The van der Waals surface area contributed by atoms with Crippen molar-refractivity contribution in [3.63, 3.8) is 0 Å². The van der Waals surface area contributed by atoms with Crippen LogP contribution >= 0.6 is 0 Å². The molecule has 0 fully saturated rings. The van der Waals surface area contributed by atoms with Gasteiger partial charge in [-0.1, -0.05) is 86.7 Å². The second-order valence-electron chi connectivity index (χ2n) is 8.32. The summed E-state index contributed by atoms with van der Waals surface area (Å²) in [5.74, 6) is -1.01. The highest BCUT2D eigenvalue weighted by Crippen LogP contribution is 2.49. The normalized spacial score (nSPS) is 14.0. The predicted octanol–water partition coefficient (Wildman–Crippen LogP) is 8.42. The first-order valence-corrected chi connectivity index (χ1v) is 11.0. The van der Waals surface area contributed by atoms with Gasteiger partial charge in [0, 0.05) is 5.56 Å². The molecule has 1 heterocycles. The van der Waals surface area contributed by atoms with E-state index >= 15 is 4.39 Å². The van der Waals surface area contributed by atoms with Gasteiger partial charge >= 0.3 is 6.11 Å². The molecular weight excluding hydrogens is 397 g/mol. The Balaban J connectivity index is 1.67. The summed E-state index contributed by atoms with van der Waals surface area (Å²) in [6, 6.07) is 16.0. The average Bonchev–Trinajstić information content (AvgIpc) is 2.76. The van der Waals surface area contributed by atoms with Crippen molar-refractivity contribution in [1.29, 1.82) is 0 Å². The van der Waals surface area contributed by atoms with Gasteiger partial charge in [0.1, 0.15) is 0 Å². The highest BCUT2D eigenvalue weighted by atomic mass is 19.3. The summed E-state index contributed by atoms with van der Waals surface area (Å²) in [6.07, 6.45) is 2.17. The fourth-order valence-corrected chi connectivity index (χ4v) is 4.15. The molecule has 4 heteroatoms. The molecule has 1 aliphatic heterocycles. The lowest BCUT2D eigenvalue weighted by molar-refractivity contribution is -0.188. The van der Waals surface area contributed by atoms with E-state index in [1.54, 1.807) is 24.3 Å². The second-order valence-corrected chi connectivity index (χ2v) is 8.32. The average molecular weight is 425 g/mol. The van der Waals surface area contributed by atoms with Gasteiger partial charge in [0.2, 0.25) is 0 Å². The summed E-state index contributed by atoms with van der Waals surface area (Å²) < 4.78 is 50.0. The number of hydrogen-bond acceptors (Lipinski definition) is 1. The van der Waals surface area contributed by atoms with Gasteiger partial charge in [0.05, 0.1) is 5.56 Å². The van der Waals surface area contributed by atoms with Crippen LogP contribution < -0.4 is 4.74 Å². The van der Waals surface area contributed by atoms with Crippen molar-refractivity contribution in [2.24, 2.45) is 0 Å². The topological polar surface area (TPSA) is 9.23 Å². The van der Waals surface area contributed by atoms with E-state index in [2.05, 4.69) is 6.92 Å². The van der Waals surface area contributed by atoms with Crippen LogP contribution in [0.4, 0.5) is 13.2 Å². The lowest BCUT2D eigenvalue weighted by atomic mass is 9.90. The summed E-state index contributed by atoms with van der Waals surface area (Å²) in [4.78, 5) is 0. The smallest absolute Gasteiger partial charge is 0.425 e. The largest absolute Gasteiger partial charge is 0.427 e. The van der Waals surface area contributed by atoms with Crippen LogP contribution in [-0.4, -0.2) is 0 Å². The van der Waals surface area contributed by atoms with Crippen LogP contribution in [0.1, 0.15) is 55.7 Å². The highest BCUT2D eigenvalue weighted by Gasteiger charge is 2.43. The molecule has 0 saturated carbocycles. The molecule has 4 rings (SSSR count). The summed E-state index contributed by atoms with van der Waals surface area (Å²) >= 11 is 0. The first kappa shape index (κ1) is 21.5. The van der Waals surface area contributed by atoms with Crippen molar-refractivity contribution in [2.75, 3.05) is 0 Å². The van der Waals surface area contributed by atoms with Gasteiger partial charge in [-0.25, -0.2) is 4.39 Å². The molecule has 0 atom stereocenters. The lowest BCUT2D eigenvalue weighted by Crippen LogP contribution is -2.27. The summed E-state index contributed by atoms with van der Waals surface area (Å²) in [5, 5.41) is 0. The maximum absolute atomic E-state index is 15.1. The number of halogens is 3. The predicted molar refractivity (Wildman–Crippen MR) is 119 cm³/mol. The Labute approximate surface area is 181 Å². The molecule has 0 aliphatic carbocycles. The molecule has 3 aromatic carbocycles. The van der Waals surface area contributed by atoms with Crippen LogP contribution in [0.3, 0.4) is 0 Å². The van der Waals surface area contributed by atoms with Crippen molar-refractivity contribution in [2.45, 2.75) is 58.5 Å². The van der Waals surface area contributed by atoms with E-state index in [1.807, 2.05) is 31.2 Å². The van der Waals surface area contributed by atoms with Crippen LogP contribution in [-0.2, 0) is 12.5 Å². The molecule has 1 nitrogen and oxygen atoms in total. The molecule has 0 amide bonds. The molecular formula is C27H27F3O. The minimum atomic E-state index is -3.59. The maximum atomic E-state index is 15.1. The number of unbranched alkanes of at least 4 members (excludes halogenated alkanes) is 4. The summed E-state index contributed by atoms with van der Waals surface area (Å²) in [7, 11) is 0. The third-order valence-corrected chi connectivity index (χ3v) is 5.97. The first-order valence-electron chi connectivity index (χ1n) is 11.0. The van der Waals surface area contributed by atoms with Crippen LogP contribution in [0.5, 0.6) is 5.75 Å². The number of rotatable bonds is 7. The zero-order valence-corrected chi connectivity index (χ0v) is 18.0. The van der Waals surface area contributed by atoms with E-state index in [0.29, 0.717) is 28.7 Å². The second kappa shape index (κ2) is 8.78. The minimum Gasteiger partial charge on any atom is -0.425 e. The Hall–Kier alpha value is -2.75. The molecule has 0 bridgehead atoms. The Kier molecular flexibility index (Phi) is 6.08. The third-order valence-electron chi connectivity index (χ3n) is 5.97. The fourth-order valence-electron chi connectivity index (χ4n) is 4.15. The Morgan fingerprint density at radius 2 is 1.48 bits per heavy atom. The Morgan fingerprint density at radius 1 is 0.806 bits per heavy atom. The third kappa shape index (κ3) is 4.34. The van der Waals surface area contributed by atoms with Crippen molar-refractivity contribution in [3.05, 3.63) is 77.1 Å². The zero-order valence-electron chi connectivity index (χ0n) is 18.0. The van der Waals surface area contributed by atoms with E-state index in [9.17, 15) is 8.78 Å². The Morgan fingerprint density at radius 3 is 2.23 bits per heavy atom. The van der Waals surface area contributed by atoms with E-state index < -0.39 is 11.9 Å². The van der Waals surface area contributed by atoms with Gasteiger partial charge in [-0.15, -0.1) is 0 Å². The number of benzene rings is 3. The van der Waals surface area contributed by atoms with E-state index in [0.717, 1.165) is 43.2 Å². The molecule has 162 valence electrons. The molecule has 0 radical (unpaired) electrons. The lowest BCUT2D eigenvalue weighted by Gasteiger charge is -2.29. The maximum Gasteiger partial charge on any atom is 0.427 e. The molecule has 0 unspecified atom stereocenters. The van der Waals surface area contributed by atoms with Gasteiger partial charge in [0.15, 0.2) is 11.6 Å². The molecule has 3 aromatic rings. The highest BCUT2D eigenvalue weighted by molar-refractivity contribution is 5.80. The van der Waals surface area contributed by atoms with E-state index in [-0.39, 0.29) is 11.3 Å². The molecule has 31 heavy (non-hydrogen) atoms. The first-order chi connectivity index (χ1) is 14.9. The molecule has 0 saturated heterocycles. The van der Waals surface area contributed by atoms with Crippen LogP contribution in [0, 0.1) is 12.7 Å². The van der Waals surface area contributed by atoms with Gasteiger partial charge in [-0.2, -0.15) is 8.78 Å². The van der Waals surface area contributed by atoms with Crippen LogP contribution in [0.2, 0.25) is 0 Å². The van der Waals surface area contributed by atoms with Gasteiger partial charge in [-0.3, -0.25) is 0 Å². The molecule has 0 N–H and O–H groups in total. The van der Waals surface area contributed by atoms with Crippen molar-refractivity contribution < 1.29 is 17.9 Å². The SMILES string of the molecule is CCCCCCCc1ccc2c(c1F)OC(F)(F)c1cc(-c3ccc(C)cc3)ccc1-2. The summed E-state index contributed by atoms with van der Waals surface area (Å²) in [6.45, 7) is 4.12. The number of ether oxygens (including phenoxy) is 1. The number of aryl methyl sites for hydroxylation is 2. The zero-order chi connectivity index (χ0) is 22.0. The van der Waals surface area contributed by atoms with Gasteiger partial charge in [-0.05, 0) is 48.1 Å². The standard InChI is InChI=1S/C27H27F3O/c1-3-4-5-6-7-8-20-13-16-23-22-15-14-21(19-11-9-18(2)10-12-19)17-24(22)27(29,30)31-26(23)25(20)28/h9-17H,3-8H2,1-2H3. The minimum absolute atomic E-state index is 0.232. The number of fused-ring (bicyclic) bond motifs is 3. The van der Waals surface area contributed by atoms with Crippen molar-refractivity contribution >= 4 is 0 Å². The van der Waals surface area contributed by atoms with Crippen molar-refractivity contribution in [1.82, 2.24) is 0 Å². The van der Waals surface area contributed by atoms with E-state index in [1.165, 1.54) is 6.07 Å². The molecule has 0 spiro atoms. The van der Waals surface area contributed by atoms with Crippen LogP contribution in [0.15, 0.2) is 54.6 Å². The quantitative estimate of drug-likeness (QED) is 0.346. The van der Waals surface area contributed by atoms with Gasteiger partial charge in [0.25, 0.3) is 0 Å². The Bertz CT molecular complexity index is 1070. The number of alkyl halides is 2. The van der Waals surface area contributed by atoms with Crippen molar-refractivity contribution in [3.8, 4) is 28.0 Å². The van der Waals surface area contributed by atoms with Gasteiger partial charge < -0.3 is 4.74 Å². The monoisotopic (exact) mass is 424 g/mol. The fraction of sp³-hybridized carbons (Fsp3) is 0.333. The van der Waals surface area contributed by atoms with Crippen LogP contribution in [0.25, 0.3) is 22.3 Å². The molecule has 1 aliphatic rings. The van der Waals surface area contributed by atoms with E-state index in [4.69, 9.17) is 4.74 Å². The molecule has 0 aromatic heterocycles. The summed E-state index contributed by atoms with van der Waals surface area (Å²) in [5.41, 5.74) is 3.52. The number of hydrogen-bond donors (Lipinski definition) is 0.